The van der Waals surface area contributed by atoms with Crippen LogP contribution in [0.2, 0.25) is 0 Å². The first-order chi connectivity index (χ1) is 15.1. The molecule has 0 bridgehead atoms. The molecule has 156 valence electrons. The lowest BCUT2D eigenvalue weighted by Gasteiger charge is -2.14. The quantitative estimate of drug-likeness (QED) is 0.514. The number of hydrogen-bond donors (Lipinski definition) is 1. The molecule has 0 unspecified atom stereocenters. The van der Waals surface area contributed by atoms with Crippen molar-refractivity contribution < 1.29 is 9.32 Å². The van der Waals surface area contributed by atoms with E-state index in [0.717, 1.165) is 28.8 Å². The highest BCUT2D eigenvalue weighted by Crippen LogP contribution is 2.23. The van der Waals surface area contributed by atoms with Crippen molar-refractivity contribution >= 4 is 11.6 Å². The fourth-order valence-electron chi connectivity index (χ4n) is 3.43. The molecule has 4 rings (SSSR count). The van der Waals surface area contributed by atoms with E-state index in [2.05, 4.69) is 15.5 Å². The van der Waals surface area contributed by atoms with Crippen molar-refractivity contribution in [1.82, 2.24) is 14.7 Å². The van der Waals surface area contributed by atoms with Gasteiger partial charge in [-0.2, -0.15) is 4.98 Å². The molecule has 31 heavy (non-hydrogen) atoms. The average Bonchev–Trinajstić information content (AvgIpc) is 3.27. The minimum absolute atomic E-state index is 0.171. The van der Waals surface area contributed by atoms with E-state index in [4.69, 9.17) is 4.52 Å². The Balaban J connectivity index is 1.63. The van der Waals surface area contributed by atoms with Gasteiger partial charge in [-0.15, -0.1) is 0 Å². The molecule has 0 spiro atoms. The summed E-state index contributed by atoms with van der Waals surface area (Å²) in [6.07, 6.45) is 0.790. The molecule has 0 aliphatic carbocycles. The molecule has 2 aromatic carbocycles. The van der Waals surface area contributed by atoms with Gasteiger partial charge in [-0.05, 0) is 30.5 Å². The van der Waals surface area contributed by atoms with Crippen LogP contribution in [0, 0.1) is 6.92 Å². The zero-order chi connectivity index (χ0) is 21.8. The summed E-state index contributed by atoms with van der Waals surface area (Å²) in [5, 5.41) is 6.96. The summed E-state index contributed by atoms with van der Waals surface area (Å²) in [6.45, 7) is 3.80. The van der Waals surface area contributed by atoms with Gasteiger partial charge in [0.1, 0.15) is 12.2 Å². The van der Waals surface area contributed by atoms with Gasteiger partial charge < -0.3 is 9.84 Å². The van der Waals surface area contributed by atoms with Crippen LogP contribution in [0.25, 0.3) is 23.0 Å². The van der Waals surface area contributed by atoms with E-state index >= 15 is 0 Å². The maximum atomic E-state index is 12.8. The first-order valence-corrected chi connectivity index (χ1v) is 10.0. The second-order valence-corrected chi connectivity index (χ2v) is 7.14. The molecule has 4 aromatic rings. The Hall–Kier alpha value is -4.00. The van der Waals surface area contributed by atoms with Gasteiger partial charge in [-0.3, -0.25) is 14.2 Å². The molecule has 0 saturated heterocycles. The molecule has 1 N–H and O–H groups in total. The smallest absolute Gasteiger partial charge is 0.274 e. The maximum Gasteiger partial charge on any atom is 0.274 e. The van der Waals surface area contributed by atoms with E-state index in [1.807, 2.05) is 62.4 Å². The van der Waals surface area contributed by atoms with Gasteiger partial charge in [0, 0.05) is 17.3 Å². The molecule has 0 aliphatic heterocycles. The number of anilines is 1. The first-order valence-electron chi connectivity index (χ1n) is 10.0. The lowest BCUT2D eigenvalue weighted by molar-refractivity contribution is -0.116. The number of amides is 1. The molecule has 0 radical (unpaired) electrons. The molecule has 0 saturated carbocycles. The Bertz CT molecular complexity index is 1280. The van der Waals surface area contributed by atoms with Crippen LogP contribution >= 0.6 is 0 Å². The number of hydrogen-bond acceptors (Lipinski definition) is 5. The number of benzene rings is 2. The predicted molar refractivity (Wildman–Crippen MR) is 119 cm³/mol. The Kier molecular flexibility index (Phi) is 5.75. The van der Waals surface area contributed by atoms with E-state index < -0.39 is 0 Å². The van der Waals surface area contributed by atoms with E-state index in [1.54, 1.807) is 12.1 Å². The third kappa shape index (κ3) is 4.30. The highest BCUT2D eigenvalue weighted by Gasteiger charge is 2.17. The molecule has 7 heteroatoms. The molecule has 0 aliphatic rings. The van der Waals surface area contributed by atoms with Crippen LogP contribution in [0.4, 0.5) is 5.69 Å². The molecule has 2 heterocycles. The van der Waals surface area contributed by atoms with E-state index in [1.165, 1.54) is 10.6 Å². The summed E-state index contributed by atoms with van der Waals surface area (Å²) in [5.41, 5.74) is 3.65. The summed E-state index contributed by atoms with van der Waals surface area (Å²) in [6, 6.07) is 20.0. The van der Waals surface area contributed by atoms with Crippen LogP contribution in [-0.4, -0.2) is 20.6 Å². The predicted octanol–water partition coefficient (Wildman–Crippen LogP) is 4.07. The number of nitrogens with one attached hydrogen (secondary N) is 1. The molecule has 0 atom stereocenters. The Morgan fingerprint density at radius 1 is 1.03 bits per heavy atom. The molecular weight excluding hydrogens is 392 g/mol. The van der Waals surface area contributed by atoms with Gasteiger partial charge in [0.15, 0.2) is 0 Å². The van der Waals surface area contributed by atoms with Crippen molar-refractivity contribution in [1.29, 1.82) is 0 Å². The number of aryl methyl sites for hydroxylation is 2. The second kappa shape index (κ2) is 8.79. The largest absolute Gasteiger partial charge is 0.332 e. The normalized spacial score (nSPS) is 10.8. The van der Waals surface area contributed by atoms with Crippen molar-refractivity contribution in [3.05, 3.63) is 88.2 Å². The highest BCUT2D eigenvalue weighted by atomic mass is 16.5. The van der Waals surface area contributed by atoms with Crippen LogP contribution < -0.4 is 10.9 Å². The van der Waals surface area contributed by atoms with Crippen molar-refractivity contribution in [3.8, 4) is 23.0 Å². The van der Waals surface area contributed by atoms with Crippen LogP contribution in [0.3, 0.4) is 0 Å². The lowest BCUT2D eigenvalue weighted by atomic mass is 10.1. The van der Waals surface area contributed by atoms with Gasteiger partial charge in [-0.25, -0.2) is 0 Å². The molecule has 0 fully saturated rings. The third-order valence-electron chi connectivity index (χ3n) is 5.03. The third-order valence-corrected chi connectivity index (χ3v) is 5.03. The van der Waals surface area contributed by atoms with Crippen LogP contribution in [0.1, 0.15) is 18.1 Å². The van der Waals surface area contributed by atoms with E-state index in [9.17, 15) is 9.59 Å². The number of aromatic nitrogens is 3. The summed E-state index contributed by atoms with van der Waals surface area (Å²) in [5.74, 6) is 0.284. The minimum atomic E-state index is -0.326. The van der Waals surface area contributed by atoms with Crippen LogP contribution in [0.15, 0.2) is 76.0 Å². The van der Waals surface area contributed by atoms with Crippen LogP contribution in [0.5, 0.6) is 0 Å². The summed E-state index contributed by atoms with van der Waals surface area (Å²) < 4.78 is 6.74. The summed E-state index contributed by atoms with van der Waals surface area (Å²) in [4.78, 5) is 29.8. The Morgan fingerprint density at radius 2 is 1.81 bits per heavy atom. The van der Waals surface area contributed by atoms with Gasteiger partial charge in [-0.1, -0.05) is 66.7 Å². The van der Waals surface area contributed by atoms with Crippen molar-refractivity contribution in [2.45, 2.75) is 26.8 Å². The van der Waals surface area contributed by atoms with Gasteiger partial charge in [0.05, 0.1) is 0 Å². The number of pyridine rings is 1. The zero-order valence-corrected chi connectivity index (χ0v) is 17.3. The molecular formula is C24H22N4O3. The minimum Gasteiger partial charge on any atom is -0.332 e. The number of carbonyl (C=O) groups excluding carboxylic acids is 1. The zero-order valence-electron chi connectivity index (χ0n) is 17.3. The summed E-state index contributed by atoms with van der Waals surface area (Å²) in [7, 11) is 0. The van der Waals surface area contributed by atoms with Crippen molar-refractivity contribution in [2.24, 2.45) is 0 Å². The highest BCUT2D eigenvalue weighted by molar-refractivity contribution is 5.92. The van der Waals surface area contributed by atoms with E-state index in [-0.39, 0.29) is 23.9 Å². The SMILES string of the molecule is CCc1cccc(C)c1NC(=O)Cn1c(-c2nc(-c3ccccc3)no2)cccc1=O. The number of carbonyl (C=O) groups is 1. The Labute approximate surface area is 179 Å². The fraction of sp³-hybridized carbons (Fsp3) is 0.167. The summed E-state index contributed by atoms with van der Waals surface area (Å²) >= 11 is 0. The number of rotatable bonds is 6. The monoisotopic (exact) mass is 414 g/mol. The molecule has 7 nitrogen and oxygen atoms in total. The van der Waals surface area contributed by atoms with Gasteiger partial charge >= 0.3 is 0 Å². The average molecular weight is 414 g/mol. The molecule has 1 amide bonds. The second-order valence-electron chi connectivity index (χ2n) is 7.14. The van der Waals surface area contributed by atoms with Gasteiger partial charge in [0.25, 0.3) is 11.4 Å². The number of nitrogens with zero attached hydrogens (tertiary/aromatic N) is 3. The maximum absolute atomic E-state index is 12.8. The fourth-order valence-corrected chi connectivity index (χ4v) is 3.43. The molecule has 2 aromatic heterocycles. The standard InChI is InChI=1S/C24H22N4O3/c1-3-17-12-7-9-16(2)22(17)25-20(29)15-28-19(13-8-14-21(28)30)24-26-23(27-31-24)18-10-5-4-6-11-18/h4-14H,3,15H2,1-2H3,(H,25,29). The van der Waals surface area contributed by atoms with Crippen LogP contribution in [-0.2, 0) is 17.8 Å². The Morgan fingerprint density at radius 3 is 2.58 bits per heavy atom. The van der Waals surface area contributed by atoms with Crippen molar-refractivity contribution in [2.75, 3.05) is 5.32 Å². The first kappa shape index (κ1) is 20.3. The number of para-hydroxylation sites is 1. The topological polar surface area (TPSA) is 90.0 Å². The lowest BCUT2D eigenvalue weighted by Crippen LogP contribution is -2.28. The van der Waals surface area contributed by atoms with Gasteiger partial charge in [0.2, 0.25) is 11.7 Å². The van der Waals surface area contributed by atoms with E-state index in [0.29, 0.717) is 11.5 Å². The van der Waals surface area contributed by atoms with Crippen molar-refractivity contribution in [3.63, 3.8) is 0 Å².